The molecule has 0 saturated carbocycles. The van der Waals surface area contributed by atoms with Gasteiger partial charge in [-0.05, 0) is 63.0 Å². The third-order valence-corrected chi connectivity index (χ3v) is 4.65. The van der Waals surface area contributed by atoms with E-state index in [0.29, 0.717) is 0 Å². The number of carbonyl (C=O) groups excluding carboxylic acids is 1. The van der Waals surface area contributed by atoms with E-state index in [1.54, 1.807) is 0 Å². The SMILES string of the molecule is CCC1(C(=O)Nc2ccc(Br)cc2C)CCNCC1. The Morgan fingerprint density at radius 3 is 2.68 bits per heavy atom. The highest BCUT2D eigenvalue weighted by atomic mass is 79.9. The molecule has 0 aliphatic carbocycles. The maximum Gasteiger partial charge on any atom is 0.230 e. The van der Waals surface area contributed by atoms with Crippen LogP contribution in [0.4, 0.5) is 5.69 Å². The van der Waals surface area contributed by atoms with Crippen LogP contribution < -0.4 is 10.6 Å². The molecule has 1 saturated heterocycles. The number of aryl methyl sites for hydroxylation is 1. The van der Waals surface area contributed by atoms with E-state index in [1.165, 1.54) is 0 Å². The van der Waals surface area contributed by atoms with Crippen molar-refractivity contribution in [3.8, 4) is 0 Å². The highest BCUT2D eigenvalue weighted by Gasteiger charge is 2.37. The number of rotatable bonds is 3. The lowest BCUT2D eigenvalue weighted by molar-refractivity contribution is -0.127. The Labute approximate surface area is 123 Å². The van der Waals surface area contributed by atoms with Gasteiger partial charge in [0.1, 0.15) is 0 Å². The van der Waals surface area contributed by atoms with E-state index in [-0.39, 0.29) is 11.3 Å². The second-order valence-electron chi connectivity index (χ2n) is 5.30. The first-order valence-electron chi connectivity index (χ1n) is 6.86. The first-order chi connectivity index (χ1) is 9.07. The van der Waals surface area contributed by atoms with Crippen LogP contribution in [0.2, 0.25) is 0 Å². The molecule has 2 rings (SSSR count). The van der Waals surface area contributed by atoms with Crippen molar-refractivity contribution < 1.29 is 4.79 Å². The van der Waals surface area contributed by atoms with E-state index in [1.807, 2.05) is 25.1 Å². The molecule has 1 aromatic carbocycles. The number of hydrogen-bond donors (Lipinski definition) is 2. The summed E-state index contributed by atoms with van der Waals surface area (Å²) in [6, 6.07) is 5.95. The van der Waals surface area contributed by atoms with Crippen LogP contribution in [0.15, 0.2) is 22.7 Å². The van der Waals surface area contributed by atoms with Crippen LogP contribution in [-0.2, 0) is 4.79 Å². The Balaban J connectivity index is 2.15. The third-order valence-electron chi connectivity index (χ3n) is 4.16. The van der Waals surface area contributed by atoms with Gasteiger partial charge in [0.25, 0.3) is 0 Å². The van der Waals surface area contributed by atoms with Gasteiger partial charge in [0.2, 0.25) is 5.91 Å². The Kier molecular flexibility index (Phi) is 4.63. The molecular weight excluding hydrogens is 304 g/mol. The van der Waals surface area contributed by atoms with E-state index >= 15 is 0 Å². The summed E-state index contributed by atoms with van der Waals surface area (Å²) < 4.78 is 1.04. The molecule has 0 bridgehead atoms. The zero-order chi connectivity index (χ0) is 13.9. The number of benzene rings is 1. The van der Waals surface area contributed by atoms with E-state index in [4.69, 9.17) is 0 Å². The van der Waals surface area contributed by atoms with Crippen molar-refractivity contribution in [2.45, 2.75) is 33.1 Å². The normalized spacial score (nSPS) is 18.1. The Morgan fingerprint density at radius 1 is 1.42 bits per heavy atom. The van der Waals surface area contributed by atoms with Crippen LogP contribution in [0.5, 0.6) is 0 Å². The third kappa shape index (κ3) is 3.18. The molecule has 104 valence electrons. The molecule has 1 aliphatic rings. The van der Waals surface area contributed by atoms with Crippen LogP contribution in [0.3, 0.4) is 0 Å². The lowest BCUT2D eigenvalue weighted by Crippen LogP contribution is -2.44. The average Bonchev–Trinajstić information content (AvgIpc) is 2.42. The van der Waals surface area contributed by atoms with Crippen molar-refractivity contribution in [3.63, 3.8) is 0 Å². The van der Waals surface area contributed by atoms with Gasteiger partial charge < -0.3 is 10.6 Å². The highest BCUT2D eigenvalue weighted by Crippen LogP contribution is 2.34. The summed E-state index contributed by atoms with van der Waals surface area (Å²) in [4.78, 5) is 12.6. The van der Waals surface area contributed by atoms with Crippen LogP contribution in [0.1, 0.15) is 31.7 Å². The van der Waals surface area contributed by atoms with Gasteiger partial charge in [-0.2, -0.15) is 0 Å². The number of piperidine rings is 1. The first kappa shape index (κ1) is 14.5. The molecule has 19 heavy (non-hydrogen) atoms. The van der Waals surface area contributed by atoms with Crippen molar-refractivity contribution >= 4 is 27.5 Å². The quantitative estimate of drug-likeness (QED) is 0.893. The smallest absolute Gasteiger partial charge is 0.230 e. The zero-order valence-electron chi connectivity index (χ0n) is 11.6. The second-order valence-corrected chi connectivity index (χ2v) is 6.21. The standard InChI is InChI=1S/C15H21BrN2O/c1-3-15(6-8-17-9-7-15)14(19)18-13-5-4-12(16)10-11(13)2/h4-5,10,17H,3,6-9H2,1-2H3,(H,18,19). The number of nitrogens with one attached hydrogen (secondary N) is 2. The van der Waals surface area contributed by atoms with Gasteiger partial charge in [0.05, 0.1) is 5.41 Å². The Morgan fingerprint density at radius 2 is 2.11 bits per heavy atom. The van der Waals surface area contributed by atoms with Crippen LogP contribution in [0, 0.1) is 12.3 Å². The van der Waals surface area contributed by atoms with Gasteiger partial charge in [-0.25, -0.2) is 0 Å². The van der Waals surface area contributed by atoms with Gasteiger partial charge in [-0.3, -0.25) is 4.79 Å². The van der Waals surface area contributed by atoms with E-state index < -0.39 is 0 Å². The lowest BCUT2D eigenvalue weighted by atomic mass is 9.76. The molecule has 0 radical (unpaired) electrons. The molecule has 0 aromatic heterocycles. The summed E-state index contributed by atoms with van der Waals surface area (Å²) in [6.45, 7) is 5.99. The Bertz CT molecular complexity index is 467. The molecule has 1 fully saturated rings. The number of hydrogen-bond acceptors (Lipinski definition) is 2. The van der Waals surface area contributed by atoms with Crippen molar-refractivity contribution in [1.82, 2.24) is 5.32 Å². The monoisotopic (exact) mass is 324 g/mol. The molecule has 1 amide bonds. The molecular formula is C15H21BrN2O. The minimum absolute atomic E-state index is 0.168. The van der Waals surface area contributed by atoms with Crippen LogP contribution in [-0.4, -0.2) is 19.0 Å². The van der Waals surface area contributed by atoms with Gasteiger partial charge in [0.15, 0.2) is 0 Å². The maximum atomic E-state index is 12.6. The molecule has 1 aromatic rings. The van der Waals surface area contributed by atoms with Crippen molar-refractivity contribution in [3.05, 3.63) is 28.2 Å². The van der Waals surface area contributed by atoms with Gasteiger partial charge in [-0.15, -0.1) is 0 Å². The maximum absolute atomic E-state index is 12.6. The van der Waals surface area contributed by atoms with Gasteiger partial charge in [-0.1, -0.05) is 22.9 Å². The predicted molar refractivity (Wildman–Crippen MR) is 82.3 cm³/mol. The summed E-state index contributed by atoms with van der Waals surface area (Å²) in [5, 5.41) is 6.44. The zero-order valence-corrected chi connectivity index (χ0v) is 13.1. The van der Waals surface area contributed by atoms with Gasteiger partial charge >= 0.3 is 0 Å². The minimum Gasteiger partial charge on any atom is -0.325 e. The predicted octanol–water partition coefficient (Wildman–Crippen LogP) is 3.48. The molecule has 1 aliphatic heterocycles. The fourth-order valence-corrected chi connectivity index (χ4v) is 3.14. The summed E-state index contributed by atoms with van der Waals surface area (Å²) in [5.41, 5.74) is 1.80. The lowest BCUT2D eigenvalue weighted by Gasteiger charge is -2.35. The topological polar surface area (TPSA) is 41.1 Å². The van der Waals surface area contributed by atoms with Crippen LogP contribution >= 0.6 is 15.9 Å². The summed E-state index contributed by atoms with van der Waals surface area (Å²) >= 11 is 3.44. The van der Waals surface area contributed by atoms with Crippen molar-refractivity contribution in [2.75, 3.05) is 18.4 Å². The van der Waals surface area contributed by atoms with Crippen molar-refractivity contribution in [1.29, 1.82) is 0 Å². The van der Waals surface area contributed by atoms with Gasteiger partial charge in [0, 0.05) is 10.2 Å². The number of amides is 1. The molecule has 2 N–H and O–H groups in total. The average molecular weight is 325 g/mol. The molecule has 0 unspecified atom stereocenters. The summed E-state index contributed by atoms with van der Waals surface area (Å²) in [6.07, 6.45) is 2.74. The summed E-state index contributed by atoms with van der Waals surface area (Å²) in [7, 11) is 0. The molecule has 1 heterocycles. The number of anilines is 1. The molecule has 4 heteroatoms. The number of carbonyl (C=O) groups is 1. The van der Waals surface area contributed by atoms with E-state index in [0.717, 1.165) is 48.1 Å². The Hall–Kier alpha value is -0.870. The summed E-state index contributed by atoms with van der Waals surface area (Å²) in [5.74, 6) is 0.168. The minimum atomic E-state index is -0.204. The van der Waals surface area contributed by atoms with E-state index in [2.05, 4.69) is 33.5 Å². The largest absolute Gasteiger partial charge is 0.325 e. The number of halogens is 1. The highest BCUT2D eigenvalue weighted by molar-refractivity contribution is 9.10. The fourth-order valence-electron chi connectivity index (χ4n) is 2.67. The van der Waals surface area contributed by atoms with E-state index in [9.17, 15) is 4.79 Å². The molecule has 0 spiro atoms. The molecule has 0 atom stereocenters. The first-order valence-corrected chi connectivity index (χ1v) is 7.65. The molecule has 3 nitrogen and oxygen atoms in total. The fraction of sp³-hybridized carbons (Fsp3) is 0.533. The second kappa shape index (κ2) is 6.06. The van der Waals surface area contributed by atoms with Crippen molar-refractivity contribution in [2.24, 2.45) is 5.41 Å². The van der Waals surface area contributed by atoms with Crippen LogP contribution in [0.25, 0.3) is 0 Å².